The second-order valence-electron chi connectivity index (χ2n) is 3.38. The fourth-order valence-corrected chi connectivity index (χ4v) is 1.54. The molecule has 5 heteroatoms. The lowest BCUT2D eigenvalue weighted by Crippen LogP contribution is -2.10. The van der Waals surface area contributed by atoms with E-state index in [2.05, 4.69) is 5.32 Å². The maximum absolute atomic E-state index is 11.0. The number of aliphatic hydroxyl groups is 1. The second-order valence-corrected chi connectivity index (χ2v) is 3.38. The molecule has 0 saturated heterocycles. The van der Waals surface area contributed by atoms with E-state index < -0.39 is 12.1 Å². The molecule has 78 valence electrons. The summed E-state index contributed by atoms with van der Waals surface area (Å²) in [6, 6.07) is 4.64. The third kappa shape index (κ3) is 1.69. The molecule has 0 aliphatic carbocycles. The monoisotopic (exact) mass is 207 g/mol. The highest BCUT2D eigenvalue weighted by Crippen LogP contribution is 2.26. The van der Waals surface area contributed by atoms with Gasteiger partial charge in [0.05, 0.1) is 6.42 Å². The Morgan fingerprint density at radius 1 is 1.47 bits per heavy atom. The van der Waals surface area contributed by atoms with Crippen molar-refractivity contribution in [3.8, 4) is 0 Å². The Morgan fingerprint density at radius 3 is 2.87 bits per heavy atom. The maximum atomic E-state index is 11.0. The summed E-state index contributed by atoms with van der Waals surface area (Å²) in [4.78, 5) is 21.6. The first-order valence-corrected chi connectivity index (χ1v) is 4.41. The number of hydrogen-bond acceptors (Lipinski definition) is 3. The van der Waals surface area contributed by atoms with Gasteiger partial charge in [0.25, 0.3) is 0 Å². The first-order chi connectivity index (χ1) is 7.08. The molecule has 5 nitrogen and oxygen atoms in total. The van der Waals surface area contributed by atoms with E-state index >= 15 is 0 Å². The number of carboxylic acids is 1. The summed E-state index contributed by atoms with van der Waals surface area (Å²) in [5, 5.41) is 20.5. The Kier molecular flexibility index (Phi) is 2.17. The van der Waals surface area contributed by atoms with Crippen molar-refractivity contribution in [1.29, 1.82) is 0 Å². The molecule has 0 spiro atoms. The van der Waals surface area contributed by atoms with Gasteiger partial charge in [-0.25, -0.2) is 4.79 Å². The molecule has 1 aromatic carbocycles. The van der Waals surface area contributed by atoms with Gasteiger partial charge in [0.15, 0.2) is 6.10 Å². The lowest BCUT2D eigenvalue weighted by atomic mass is 10.1. The second kappa shape index (κ2) is 3.36. The van der Waals surface area contributed by atoms with E-state index in [4.69, 9.17) is 5.11 Å². The predicted octanol–water partition coefficient (Wildman–Crippen LogP) is 0.299. The van der Waals surface area contributed by atoms with Gasteiger partial charge in [-0.05, 0) is 17.2 Å². The average Bonchev–Trinajstić information content (AvgIpc) is 2.55. The topological polar surface area (TPSA) is 86.6 Å². The van der Waals surface area contributed by atoms with E-state index in [9.17, 15) is 14.7 Å². The molecule has 1 atom stereocenters. The minimum Gasteiger partial charge on any atom is -0.479 e. The van der Waals surface area contributed by atoms with Crippen molar-refractivity contribution in [2.45, 2.75) is 12.5 Å². The van der Waals surface area contributed by atoms with Crippen LogP contribution in [0.3, 0.4) is 0 Å². The smallest absolute Gasteiger partial charge is 0.337 e. The SMILES string of the molecule is O=C1Cc2ccc(C(O)C(=O)O)cc2N1. The molecular formula is C10H9NO4. The van der Waals surface area contributed by atoms with Crippen LogP contribution in [-0.4, -0.2) is 22.1 Å². The van der Waals surface area contributed by atoms with Gasteiger partial charge >= 0.3 is 5.97 Å². The number of amides is 1. The Bertz CT molecular complexity index is 441. The normalized spacial score (nSPS) is 15.7. The average molecular weight is 207 g/mol. The standard InChI is InChI=1S/C10H9NO4/c12-8-4-5-1-2-6(3-7(5)11-8)9(13)10(14)15/h1-3,9,13H,4H2,(H,11,12)(H,14,15). The van der Waals surface area contributed by atoms with Crippen molar-refractivity contribution in [2.75, 3.05) is 5.32 Å². The van der Waals surface area contributed by atoms with Crippen molar-refractivity contribution in [1.82, 2.24) is 0 Å². The lowest BCUT2D eigenvalue weighted by molar-refractivity contribution is -0.146. The zero-order valence-electron chi connectivity index (χ0n) is 7.73. The number of benzene rings is 1. The van der Waals surface area contributed by atoms with E-state index in [0.29, 0.717) is 12.1 Å². The fraction of sp³-hybridized carbons (Fsp3) is 0.200. The van der Waals surface area contributed by atoms with Gasteiger partial charge in [-0.15, -0.1) is 0 Å². The molecule has 15 heavy (non-hydrogen) atoms. The highest BCUT2D eigenvalue weighted by atomic mass is 16.4. The Morgan fingerprint density at radius 2 is 2.20 bits per heavy atom. The number of aliphatic carboxylic acids is 1. The Hall–Kier alpha value is -1.88. The van der Waals surface area contributed by atoms with Crippen LogP contribution in [0.4, 0.5) is 5.69 Å². The number of nitrogens with one attached hydrogen (secondary N) is 1. The molecule has 0 bridgehead atoms. The van der Waals surface area contributed by atoms with Crippen molar-refractivity contribution in [3.63, 3.8) is 0 Å². The summed E-state index contributed by atoms with van der Waals surface area (Å²) < 4.78 is 0. The van der Waals surface area contributed by atoms with Crippen LogP contribution in [0.15, 0.2) is 18.2 Å². The van der Waals surface area contributed by atoms with E-state index in [0.717, 1.165) is 5.56 Å². The Labute approximate surface area is 85.3 Å². The largest absolute Gasteiger partial charge is 0.479 e. The number of rotatable bonds is 2. The number of carboxylic acid groups (broad SMARTS) is 1. The van der Waals surface area contributed by atoms with Crippen molar-refractivity contribution >= 4 is 17.6 Å². The van der Waals surface area contributed by atoms with Crippen molar-refractivity contribution < 1.29 is 19.8 Å². The molecular weight excluding hydrogens is 198 g/mol. The summed E-state index contributed by atoms with van der Waals surface area (Å²) in [5.41, 5.74) is 1.67. The molecule has 0 fully saturated rings. The first kappa shape index (κ1) is 9.67. The van der Waals surface area contributed by atoms with Gasteiger partial charge in [-0.2, -0.15) is 0 Å². The third-order valence-electron chi connectivity index (χ3n) is 2.31. The Balaban J connectivity index is 2.35. The van der Waals surface area contributed by atoms with E-state index in [1.54, 1.807) is 6.07 Å². The fourth-order valence-electron chi connectivity index (χ4n) is 1.54. The number of fused-ring (bicyclic) bond motifs is 1. The molecule has 1 aromatic rings. The molecule has 1 aliphatic heterocycles. The quantitative estimate of drug-likeness (QED) is 0.650. The van der Waals surface area contributed by atoms with Crippen molar-refractivity contribution in [2.24, 2.45) is 0 Å². The lowest BCUT2D eigenvalue weighted by Gasteiger charge is -2.07. The summed E-state index contributed by atoms with van der Waals surface area (Å²) >= 11 is 0. The van der Waals surface area contributed by atoms with Gasteiger partial charge in [0.2, 0.25) is 5.91 Å². The van der Waals surface area contributed by atoms with Gasteiger partial charge < -0.3 is 15.5 Å². The zero-order valence-corrected chi connectivity index (χ0v) is 7.73. The minimum atomic E-state index is -1.55. The van der Waals surface area contributed by atoms with E-state index in [-0.39, 0.29) is 11.5 Å². The van der Waals surface area contributed by atoms with E-state index in [1.807, 2.05) is 0 Å². The van der Waals surface area contributed by atoms with Crippen LogP contribution >= 0.6 is 0 Å². The molecule has 2 rings (SSSR count). The maximum Gasteiger partial charge on any atom is 0.337 e. The summed E-state index contributed by atoms with van der Waals surface area (Å²) in [6.45, 7) is 0. The van der Waals surface area contributed by atoms with Crippen LogP contribution in [0.5, 0.6) is 0 Å². The third-order valence-corrected chi connectivity index (χ3v) is 2.31. The van der Waals surface area contributed by atoms with Crippen LogP contribution < -0.4 is 5.32 Å². The molecule has 0 radical (unpaired) electrons. The van der Waals surface area contributed by atoms with Crippen molar-refractivity contribution in [3.05, 3.63) is 29.3 Å². The van der Waals surface area contributed by atoms with Crippen LogP contribution in [0.25, 0.3) is 0 Å². The van der Waals surface area contributed by atoms with Crippen LogP contribution in [-0.2, 0) is 16.0 Å². The summed E-state index contributed by atoms with van der Waals surface area (Å²) in [7, 11) is 0. The number of hydrogen-bond donors (Lipinski definition) is 3. The van der Waals surface area contributed by atoms with Crippen LogP contribution in [0.2, 0.25) is 0 Å². The van der Waals surface area contributed by atoms with Gasteiger partial charge in [-0.3, -0.25) is 4.79 Å². The molecule has 1 amide bonds. The van der Waals surface area contributed by atoms with Crippen LogP contribution in [0.1, 0.15) is 17.2 Å². The molecule has 1 unspecified atom stereocenters. The number of anilines is 1. The van der Waals surface area contributed by atoms with E-state index in [1.165, 1.54) is 12.1 Å². The van der Waals surface area contributed by atoms with Gasteiger partial charge in [0.1, 0.15) is 0 Å². The van der Waals surface area contributed by atoms with Gasteiger partial charge in [0, 0.05) is 5.69 Å². The molecule has 1 heterocycles. The summed E-state index contributed by atoms with van der Waals surface area (Å²) in [5.74, 6) is -1.42. The zero-order chi connectivity index (χ0) is 11.0. The molecule has 0 aromatic heterocycles. The number of carbonyl (C=O) groups is 2. The minimum absolute atomic E-state index is 0.119. The van der Waals surface area contributed by atoms with Gasteiger partial charge in [-0.1, -0.05) is 12.1 Å². The predicted molar refractivity (Wildman–Crippen MR) is 51.4 cm³/mol. The summed E-state index contributed by atoms with van der Waals surface area (Å²) in [6.07, 6.45) is -1.24. The molecule has 3 N–H and O–H groups in total. The molecule has 0 saturated carbocycles. The highest BCUT2D eigenvalue weighted by molar-refractivity contribution is 5.99. The highest BCUT2D eigenvalue weighted by Gasteiger charge is 2.21. The first-order valence-electron chi connectivity index (χ1n) is 4.41. The number of aliphatic hydroxyl groups excluding tert-OH is 1. The number of carbonyl (C=O) groups excluding carboxylic acids is 1. The van der Waals surface area contributed by atoms with Crippen LogP contribution in [0, 0.1) is 0 Å². The molecule has 1 aliphatic rings.